The molecular weight excluding hydrogens is 963 g/mol. The van der Waals surface area contributed by atoms with Gasteiger partial charge in [-0.2, -0.15) is 22.3 Å². The second kappa shape index (κ2) is 20.0. The smallest absolute Gasteiger partial charge is 1.00 e. The predicted molar refractivity (Wildman–Crippen MR) is 291 cm³/mol. The predicted octanol–water partition coefficient (Wildman–Crippen LogP) is 0.148. The summed E-state index contributed by atoms with van der Waals surface area (Å²) in [5.41, 5.74) is 15.5. The molecule has 0 fully saturated rings. The quantitative estimate of drug-likeness (QED) is 0.121. The average Bonchev–Trinajstić information content (AvgIpc) is 3.17. The van der Waals surface area contributed by atoms with Crippen LogP contribution in [-0.4, -0.2) is 56.5 Å². The Labute approximate surface area is 424 Å². The second-order valence-corrected chi connectivity index (χ2v) is 58.5. The molecule has 0 unspecified atom stereocenters. The van der Waals surface area contributed by atoms with E-state index in [1.54, 1.807) is 65.3 Å². The Balaban J connectivity index is 0.00000930. The van der Waals surface area contributed by atoms with Crippen molar-refractivity contribution in [2.75, 3.05) is 0 Å². The molecule has 0 aliphatic carbocycles. The molecule has 0 amide bonds. The van der Waals surface area contributed by atoms with Crippen molar-refractivity contribution in [2.45, 2.75) is 187 Å². The van der Waals surface area contributed by atoms with Crippen LogP contribution in [0.2, 0.25) is 118 Å². The summed E-state index contributed by atoms with van der Waals surface area (Å²) in [5.74, 6) is 0. The third-order valence-corrected chi connectivity index (χ3v) is 33.2. The van der Waals surface area contributed by atoms with Crippen molar-refractivity contribution in [1.29, 1.82) is 0 Å². The number of aryl methyl sites for hydroxylation is 6. The maximum atomic E-state index is 2.71. The van der Waals surface area contributed by atoms with Gasteiger partial charge >= 0.3 is 21.7 Å². The number of halogens is 3. The van der Waals surface area contributed by atoms with Gasteiger partial charge in [-0.3, -0.25) is 0 Å². The number of rotatable bonds is 10. The zero-order valence-corrected chi connectivity index (χ0v) is 55.7. The van der Waals surface area contributed by atoms with Crippen molar-refractivity contribution < 1.29 is 58.9 Å². The molecule has 0 spiro atoms. The van der Waals surface area contributed by atoms with Gasteiger partial charge in [0.05, 0.1) is 48.4 Å². The Morgan fingerprint density at radius 3 is 0.597 bits per heavy atom. The fourth-order valence-corrected chi connectivity index (χ4v) is 42.8. The molecule has 0 N–H and O–H groups in total. The molecule has 11 heteroatoms. The van der Waals surface area contributed by atoms with Gasteiger partial charge in [0.2, 0.25) is 0 Å². The van der Waals surface area contributed by atoms with Crippen LogP contribution in [0.3, 0.4) is 0 Å². The number of hydrogen-bond donors (Lipinski definition) is 0. The van der Waals surface area contributed by atoms with E-state index in [-0.39, 0.29) is 58.9 Å². The third kappa shape index (κ3) is 10.7. The zero-order chi connectivity index (χ0) is 45.2. The fraction of sp³-hybridized carbons (Fsp3) is 0.549. The van der Waals surface area contributed by atoms with Gasteiger partial charge < -0.3 is 37.2 Å². The van der Waals surface area contributed by atoms with Gasteiger partial charge in [0, 0.05) is 0 Å². The van der Waals surface area contributed by atoms with Gasteiger partial charge in [0.1, 0.15) is 8.07 Å². The molecule has 0 nitrogen and oxygen atoms in total. The minimum Gasteiger partial charge on any atom is -1.00 e. The largest absolute Gasteiger partial charge is 4.00 e. The van der Waals surface area contributed by atoms with Crippen LogP contribution in [0.25, 0.3) is 0 Å². The van der Waals surface area contributed by atoms with Gasteiger partial charge in [-0.15, -0.1) is 5.19 Å². The van der Waals surface area contributed by atoms with E-state index >= 15 is 0 Å². The van der Waals surface area contributed by atoms with Crippen LogP contribution in [0.4, 0.5) is 0 Å². The van der Waals surface area contributed by atoms with Crippen molar-refractivity contribution >= 4 is 108 Å². The van der Waals surface area contributed by atoms with Crippen LogP contribution in [0.1, 0.15) is 55.6 Å². The molecular formula is C51H87Cl3Si7Ti. The van der Waals surface area contributed by atoms with Gasteiger partial charge in [0.25, 0.3) is 0 Å². The molecule has 0 saturated carbocycles. The molecule has 0 bridgehead atoms. The first-order valence-electron chi connectivity index (χ1n) is 22.5. The molecule has 62 heavy (non-hydrogen) atoms. The SMILES string of the molecule is Cc1cc(C)c([Si](c2c(C)cc(C)c([Si](C)(C)C)c2[Si](C)(C)C)(c2c(C)cc(C)c([Si](C)(C)C)c2[Si](C)(C)C)[c-]2c(C)c(C)c(C)c2C)c([Si](C)(C)C)c1[Si](C)(C)C.[Cl-].[Cl-].[Cl-].[Ti+4]. The maximum Gasteiger partial charge on any atom is 4.00 e. The summed E-state index contributed by atoms with van der Waals surface area (Å²) in [7, 11) is -14.8. The molecule has 0 heterocycles. The average molecular weight is 1050 g/mol. The van der Waals surface area contributed by atoms with Crippen LogP contribution >= 0.6 is 0 Å². The summed E-state index contributed by atoms with van der Waals surface area (Å²) in [4.78, 5) is 0. The topological polar surface area (TPSA) is 0 Å². The molecule has 0 aliphatic rings. The van der Waals surface area contributed by atoms with E-state index in [4.69, 9.17) is 0 Å². The minimum absolute atomic E-state index is 0. The van der Waals surface area contributed by atoms with Crippen molar-refractivity contribution in [2.24, 2.45) is 0 Å². The van der Waals surface area contributed by atoms with Crippen molar-refractivity contribution in [3.63, 3.8) is 0 Å². The van der Waals surface area contributed by atoms with Crippen LogP contribution in [0.5, 0.6) is 0 Å². The number of benzene rings is 3. The van der Waals surface area contributed by atoms with Gasteiger partial charge in [0.15, 0.2) is 0 Å². The normalized spacial score (nSPS) is 13.0. The van der Waals surface area contributed by atoms with E-state index in [1.165, 1.54) is 11.1 Å². The summed E-state index contributed by atoms with van der Waals surface area (Å²) in [6, 6.07) is 8.11. The van der Waals surface area contributed by atoms with Gasteiger partial charge in [-0.1, -0.05) is 244 Å². The zero-order valence-electron chi connectivity index (χ0n) is 44.9. The first-order valence-corrected chi connectivity index (χ1v) is 45.5. The van der Waals surface area contributed by atoms with E-state index < -0.39 is 56.5 Å². The van der Waals surface area contributed by atoms with E-state index in [9.17, 15) is 0 Å². The van der Waals surface area contributed by atoms with Crippen molar-refractivity contribution in [1.82, 2.24) is 0 Å². The third-order valence-electron chi connectivity index (χ3n) is 13.6. The number of hydrogen-bond acceptors (Lipinski definition) is 0. The molecule has 4 aromatic carbocycles. The Kier molecular flexibility index (Phi) is 20.0. The van der Waals surface area contributed by atoms with Gasteiger partial charge in [-0.25, -0.2) is 0 Å². The molecule has 0 radical (unpaired) electrons. The minimum atomic E-state index is -3.22. The summed E-state index contributed by atoms with van der Waals surface area (Å²) < 4.78 is 0. The second-order valence-electron chi connectivity index (χ2n) is 25.0. The molecule has 4 aromatic rings. The molecule has 0 aliphatic heterocycles. The van der Waals surface area contributed by atoms with Crippen LogP contribution < -0.4 is 89.1 Å². The standard InChI is InChI=1S/C51H87Si7.3ClH.Ti/c1-32-29-35(4)45(49(55(20,21)22)42(32)52(11,12)13)58(48-40(9)38(7)39(8)41(48)10,46-36(5)30-33(2)43(53(14,15)16)50(46)56(23,24)25)47-37(6)31-34(3)44(54(17,18)19)51(47)57(26,27)28;;;;/h29-31H,1-28H3;3*1H;/q-1;;;;+4/p-3. The molecule has 0 aromatic heterocycles. The Morgan fingerprint density at radius 1 is 0.274 bits per heavy atom. The monoisotopic (exact) mass is 1050 g/mol. The van der Waals surface area contributed by atoms with Crippen molar-refractivity contribution in [3.8, 4) is 0 Å². The van der Waals surface area contributed by atoms with E-state index in [2.05, 4.69) is 205 Å². The maximum absolute atomic E-state index is 3.22. The van der Waals surface area contributed by atoms with Gasteiger partial charge in [-0.05, 0) is 41.5 Å². The molecule has 0 atom stereocenters. The Hall–Kier alpha value is 0.112. The Morgan fingerprint density at radius 2 is 0.435 bits per heavy atom. The summed E-state index contributed by atoms with van der Waals surface area (Å²) in [6.45, 7) is 73.4. The van der Waals surface area contributed by atoms with E-state index in [0.717, 1.165) is 0 Å². The summed E-state index contributed by atoms with van der Waals surface area (Å²) >= 11 is 0. The van der Waals surface area contributed by atoms with Crippen LogP contribution in [0, 0.1) is 69.2 Å². The molecule has 0 saturated heterocycles. The van der Waals surface area contributed by atoms with E-state index in [1.807, 2.05) is 31.1 Å². The summed E-state index contributed by atoms with van der Waals surface area (Å²) in [6.07, 6.45) is 0. The van der Waals surface area contributed by atoms with E-state index in [0.29, 0.717) is 0 Å². The molecule has 4 rings (SSSR count). The molecule has 344 valence electrons. The van der Waals surface area contributed by atoms with Crippen LogP contribution in [-0.2, 0) is 21.7 Å². The fourth-order valence-electron chi connectivity index (χ4n) is 12.1. The summed E-state index contributed by atoms with van der Waals surface area (Å²) in [5, 5.41) is 18.0. The first-order chi connectivity index (χ1) is 25.8. The van der Waals surface area contributed by atoms with Crippen LogP contribution in [0.15, 0.2) is 18.2 Å². The first kappa shape index (κ1) is 62.1. The van der Waals surface area contributed by atoms with Crippen molar-refractivity contribution in [3.05, 3.63) is 73.8 Å². The Bertz CT molecular complexity index is 2060.